The first kappa shape index (κ1) is 12.4. The summed E-state index contributed by atoms with van der Waals surface area (Å²) in [5.41, 5.74) is 6.31. The lowest BCUT2D eigenvalue weighted by Gasteiger charge is -2.11. The fourth-order valence-electron chi connectivity index (χ4n) is 1.51. The van der Waals surface area contributed by atoms with Gasteiger partial charge in [0.2, 0.25) is 0 Å². The van der Waals surface area contributed by atoms with Gasteiger partial charge in [-0.25, -0.2) is 8.78 Å². The van der Waals surface area contributed by atoms with E-state index in [1.54, 1.807) is 6.07 Å². The van der Waals surface area contributed by atoms with Crippen LogP contribution in [0.25, 0.3) is 0 Å². The van der Waals surface area contributed by atoms with E-state index in [-0.39, 0.29) is 10.6 Å². The maximum Gasteiger partial charge on any atom is 0.143 e. The number of thiocarbonyl (C=S) groups is 1. The molecule has 3 N–H and O–H groups in total. The molecule has 0 unspecified atom stereocenters. The summed E-state index contributed by atoms with van der Waals surface area (Å²) in [6.07, 6.45) is 2.49. The van der Waals surface area contributed by atoms with Crippen molar-refractivity contribution in [3.8, 4) is 0 Å². The average molecular weight is 265 g/mol. The van der Waals surface area contributed by atoms with E-state index < -0.39 is 11.6 Å². The van der Waals surface area contributed by atoms with E-state index in [2.05, 4.69) is 10.3 Å². The van der Waals surface area contributed by atoms with Gasteiger partial charge in [0, 0.05) is 6.07 Å². The highest BCUT2D eigenvalue weighted by molar-refractivity contribution is 7.80. The lowest BCUT2D eigenvalue weighted by Crippen LogP contribution is -2.14. The van der Waals surface area contributed by atoms with Gasteiger partial charge in [-0.3, -0.25) is 4.98 Å². The van der Waals surface area contributed by atoms with Crippen molar-refractivity contribution in [1.82, 2.24) is 4.98 Å². The molecule has 0 aliphatic rings. The Bertz CT molecular complexity index is 602. The highest BCUT2D eigenvalue weighted by Gasteiger charge is 2.11. The molecule has 0 radical (unpaired) electrons. The number of aromatic nitrogens is 1. The number of hydrogen-bond acceptors (Lipinski definition) is 3. The average Bonchev–Trinajstić information content (AvgIpc) is 2.28. The minimum atomic E-state index is -0.531. The molecule has 2 rings (SSSR count). The molecule has 1 aromatic carbocycles. The Morgan fingerprint density at radius 2 is 2.06 bits per heavy atom. The van der Waals surface area contributed by atoms with Gasteiger partial charge in [0.1, 0.15) is 16.6 Å². The van der Waals surface area contributed by atoms with Crippen LogP contribution in [0.15, 0.2) is 36.7 Å². The number of anilines is 2. The number of nitrogens with two attached hydrogens (primary N) is 1. The molecule has 0 atom stereocenters. The van der Waals surface area contributed by atoms with Gasteiger partial charge < -0.3 is 11.1 Å². The highest BCUT2D eigenvalue weighted by Crippen LogP contribution is 2.23. The van der Waals surface area contributed by atoms with Crippen LogP contribution in [0.2, 0.25) is 0 Å². The second kappa shape index (κ2) is 5.05. The molecular formula is C12H9F2N3S. The molecule has 0 bridgehead atoms. The maximum atomic E-state index is 13.6. The summed E-state index contributed by atoms with van der Waals surface area (Å²) in [7, 11) is 0. The van der Waals surface area contributed by atoms with E-state index in [4.69, 9.17) is 18.0 Å². The van der Waals surface area contributed by atoms with Crippen molar-refractivity contribution in [2.75, 3.05) is 5.32 Å². The van der Waals surface area contributed by atoms with E-state index in [0.717, 1.165) is 6.20 Å². The van der Waals surface area contributed by atoms with E-state index in [1.165, 1.54) is 24.4 Å². The van der Waals surface area contributed by atoms with Crippen LogP contribution in [-0.2, 0) is 0 Å². The Morgan fingerprint density at radius 1 is 1.28 bits per heavy atom. The number of nitrogens with zero attached hydrogens (tertiary/aromatic N) is 1. The minimum absolute atomic E-state index is 0.0695. The summed E-state index contributed by atoms with van der Waals surface area (Å²) in [6, 6.07) is 5.60. The second-order valence-corrected chi connectivity index (χ2v) is 3.98. The first-order valence-corrected chi connectivity index (χ1v) is 5.44. The molecule has 1 heterocycles. The first-order chi connectivity index (χ1) is 8.58. The highest BCUT2D eigenvalue weighted by atomic mass is 32.1. The topological polar surface area (TPSA) is 50.9 Å². The van der Waals surface area contributed by atoms with Crippen molar-refractivity contribution < 1.29 is 8.78 Å². The Kier molecular flexibility index (Phi) is 3.47. The molecule has 0 saturated carbocycles. The molecule has 0 amide bonds. The Morgan fingerprint density at radius 3 is 2.72 bits per heavy atom. The summed E-state index contributed by atoms with van der Waals surface area (Å²) in [5, 5.41) is 2.83. The van der Waals surface area contributed by atoms with Gasteiger partial charge in [0.15, 0.2) is 0 Å². The first-order valence-electron chi connectivity index (χ1n) is 5.04. The molecule has 0 saturated heterocycles. The van der Waals surface area contributed by atoms with E-state index >= 15 is 0 Å². The SMILES string of the molecule is NC(=S)c1c(F)cccc1Nc1cncc(F)c1. The molecule has 0 fully saturated rings. The number of benzene rings is 1. The molecule has 1 aromatic heterocycles. The Labute approximate surface area is 108 Å². The van der Waals surface area contributed by atoms with Crippen molar-refractivity contribution in [2.45, 2.75) is 0 Å². The molecule has 18 heavy (non-hydrogen) atoms. The van der Waals surface area contributed by atoms with Crippen LogP contribution in [0.5, 0.6) is 0 Å². The summed E-state index contributed by atoms with van der Waals surface area (Å²) < 4.78 is 26.6. The largest absolute Gasteiger partial charge is 0.389 e. The number of hydrogen-bond donors (Lipinski definition) is 2. The standard InChI is InChI=1S/C12H9F2N3S/c13-7-4-8(6-16-5-7)17-10-3-1-2-9(14)11(10)12(15)18/h1-6,17H,(H2,15,18). The third kappa shape index (κ3) is 2.60. The molecule has 0 aliphatic carbocycles. The third-order valence-corrected chi connectivity index (χ3v) is 2.45. The summed E-state index contributed by atoms with van der Waals surface area (Å²) >= 11 is 4.79. The van der Waals surface area contributed by atoms with Crippen LogP contribution >= 0.6 is 12.2 Å². The second-order valence-electron chi connectivity index (χ2n) is 3.54. The van der Waals surface area contributed by atoms with Gasteiger partial charge in [0.25, 0.3) is 0 Å². The van der Waals surface area contributed by atoms with Gasteiger partial charge in [-0.05, 0) is 12.1 Å². The molecule has 0 spiro atoms. The molecule has 92 valence electrons. The fourth-order valence-corrected chi connectivity index (χ4v) is 1.72. The maximum absolute atomic E-state index is 13.6. The van der Waals surface area contributed by atoms with Crippen molar-refractivity contribution >= 4 is 28.6 Å². The lowest BCUT2D eigenvalue weighted by atomic mass is 10.1. The normalized spacial score (nSPS) is 10.1. The van der Waals surface area contributed by atoms with Crippen LogP contribution in [0.3, 0.4) is 0 Å². The number of halogens is 2. The Balaban J connectivity index is 2.40. The van der Waals surface area contributed by atoms with Crippen molar-refractivity contribution in [2.24, 2.45) is 5.73 Å². The van der Waals surface area contributed by atoms with Crippen molar-refractivity contribution in [3.05, 3.63) is 53.9 Å². The third-order valence-electron chi connectivity index (χ3n) is 2.24. The number of nitrogens with one attached hydrogen (secondary N) is 1. The molecule has 3 nitrogen and oxygen atoms in total. The van der Waals surface area contributed by atoms with E-state index in [9.17, 15) is 8.78 Å². The predicted molar refractivity (Wildman–Crippen MR) is 69.8 cm³/mol. The molecule has 0 aliphatic heterocycles. The van der Waals surface area contributed by atoms with E-state index in [1.807, 2.05) is 0 Å². The smallest absolute Gasteiger partial charge is 0.143 e. The minimum Gasteiger partial charge on any atom is -0.389 e. The van der Waals surface area contributed by atoms with Crippen LogP contribution in [-0.4, -0.2) is 9.97 Å². The molecular weight excluding hydrogens is 256 g/mol. The fraction of sp³-hybridized carbons (Fsp3) is 0. The van der Waals surface area contributed by atoms with Crippen LogP contribution in [0.1, 0.15) is 5.56 Å². The van der Waals surface area contributed by atoms with Gasteiger partial charge in [-0.1, -0.05) is 18.3 Å². The van der Waals surface area contributed by atoms with Crippen LogP contribution < -0.4 is 11.1 Å². The number of rotatable bonds is 3. The zero-order valence-electron chi connectivity index (χ0n) is 9.15. The zero-order valence-corrected chi connectivity index (χ0v) is 9.97. The van der Waals surface area contributed by atoms with Crippen LogP contribution in [0, 0.1) is 11.6 Å². The molecule has 6 heteroatoms. The van der Waals surface area contributed by atoms with Gasteiger partial charge >= 0.3 is 0 Å². The van der Waals surface area contributed by atoms with Crippen molar-refractivity contribution in [1.29, 1.82) is 0 Å². The van der Waals surface area contributed by atoms with Crippen LogP contribution in [0.4, 0.5) is 20.2 Å². The zero-order chi connectivity index (χ0) is 13.1. The van der Waals surface area contributed by atoms with E-state index in [0.29, 0.717) is 11.4 Å². The quantitative estimate of drug-likeness (QED) is 0.838. The summed E-state index contributed by atoms with van der Waals surface area (Å²) in [4.78, 5) is 3.61. The van der Waals surface area contributed by atoms with Gasteiger partial charge in [-0.2, -0.15) is 0 Å². The molecule has 2 aromatic rings. The predicted octanol–water partition coefficient (Wildman–Crippen LogP) is 2.74. The Hall–Kier alpha value is -2.08. The van der Waals surface area contributed by atoms with Gasteiger partial charge in [-0.15, -0.1) is 0 Å². The van der Waals surface area contributed by atoms with Crippen molar-refractivity contribution in [3.63, 3.8) is 0 Å². The monoisotopic (exact) mass is 265 g/mol. The summed E-state index contributed by atoms with van der Waals surface area (Å²) in [6.45, 7) is 0. The summed E-state index contributed by atoms with van der Waals surface area (Å²) in [5.74, 6) is -1.02. The van der Waals surface area contributed by atoms with Gasteiger partial charge in [0.05, 0.1) is 29.3 Å². The number of pyridine rings is 1. The lowest BCUT2D eigenvalue weighted by molar-refractivity contribution is 0.622.